The fourth-order valence-corrected chi connectivity index (χ4v) is 3.31. The van der Waals surface area contributed by atoms with E-state index in [0.29, 0.717) is 23.7 Å². The lowest BCUT2D eigenvalue weighted by molar-refractivity contribution is -0.116. The first-order valence-corrected chi connectivity index (χ1v) is 9.75. The lowest BCUT2D eigenvalue weighted by Crippen LogP contribution is -2.14. The molecule has 0 radical (unpaired) electrons. The number of amides is 1. The van der Waals surface area contributed by atoms with Crippen molar-refractivity contribution in [1.82, 2.24) is 19.7 Å². The maximum atomic E-state index is 12.5. The molecule has 0 saturated heterocycles. The molecule has 0 unspecified atom stereocenters. The first-order chi connectivity index (χ1) is 13.8. The number of hydrogen-bond acceptors (Lipinski definition) is 5. The van der Waals surface area contributed by atoms with E-state index < -0.39 is 0 Å². The third kappa shape index (κ3) is 4.74. The molecule has 0 spiro atoms. The molecule has 29 heavy (non-hydrogen) atoms. The molecule has 3 aromatic rings. The van der Waals surface area contributed by atoms with Crippen LogP contribution < -0.4 is 10.2 Å². The zero-order valence-electron chi connectivity index (χ0n) is 17.3. The average Bonchev–Trinajstić information content (AvgIpc) is 2.97. The summed E-state index contributed by atoms with van der Waals surface area (Å²) in [5, 5.41) is 8.17. The molecule has 0 aliphatic heterocycles. The standard InChI is InChI=1S/C21H25ClN6O/c1-13-6-7-16(22)10-18(13)25-21(29)9-8-17-14(2)26-28(15(17)3)20-11-19(27(4)5)23-12-24-20/h6-7,10-12H,8-9H2,1-5H3,(H,25,29). The third-order valence-electron chi connectivity index (χ3n) is 4.83. The van der Waals surface area contributed by atoms with Crippen LogP contribution in [0.4, 0.5) is 11.5 Å². The van der Waals surface area contributed by atoms with Crippen LogP contribution in [-0.2, 0) is 11.2 Å². The van der Waals surface area contributed by atoms with Crippen LogP contribution >= 0.6 is 11.6 Å². The Hall–Kier alpha value is -2.93. The number of nitrogens with one attached hydrogen (secondary N) is 1. The third-order valence-corrected chi connectivity index (χ3v) is 5.07. The van der Waals surface area contributed by atoms with Gasteiger partial charge in [0.05, 0.1) is 5.69 Å². The van der Waals surface area contributed by atoms with Gasteiger partial charge in [-0.15, -0.1) is 0 Å². The van der Waals surface area contributed by atoms with E-state index in [1.54, 1.807) is 10.7 Å². The second-order valence-corrected chi connectivity index (χ2v) is 7.63. The molecule has 0 fully saturated rings. The van der Waals surface area contributed by atoms with Gasteiger partial charge in [-0.05, 0) is 50.5 Å². The summed E-state index contributed by atoms with van der Waals surface area (Å²) in [6.07, 6.45) is 2.47. The van der Waals surface area contributed by atoms with Gasteiger partial charge in [0.1, 0.15) is 12.1 Å². The van der Waals surface area contributed by atoms with E-state index in [2.05, 4.69) is 20.4 Å². The normalized spacial score (nSPS) is 10.8. The van der Waals surface area contributed by atoms with Crippen LogP contribution in [0.2, 0.25) is 5.02 Å². The smallest absolute Gasteiger partial charge is 0.224 e. The van der Waals surface area contributed by atoms with Crippen molar-refractivity contribution in [3.63, 3.8) is 0 Å². The minimum atomic E-state index is -0.0566. The highest BCUT2D eigenvalue weighted by atomic mass is 35.5. The van der Waals surface area contributed by atoms with Crippen molar-refractivity contribution in [3.05, 3.63) is 58.1 Å². The zero-order valence-corrected chi connectivity index (χ0v) is 18.1. The topological polar surface area (TPSA) is 75.9 Å². The Morgan fingerprint density at radius 1 is 1.17 bits per heavy atom. The maximum Gasteiger partial charge on any atom is 0.224 e. The molecular weight excluding hydrogens is 388 g/mol. The fraction of sp³-hybridized carbons (Fsp3) is 0.333. The van der Waals surface area contributed by atoms with E-state index in [4.69, 9.17) is 11.6 Å². The van der Waals surface area contributed by atoms with Crippen molar-refractivity contribution in [1.29, 1.82) is 0 Å². The Balaban J connectivity index is 1.74. The summed E-state index contributed by atoms with van der Waals surface area (Å²) in [6, 6.07) is 7.35. The number of hydrogen-bond donors (Lipinski definition) is 1. The summed E-state index contributed by atoms with van der Waals surface area (Å²) in [5.41, 5.74) is 4.62. The summed E-state index contributed by atoms with van der Waals surface area (Å²) < 4.78 is 1.80. The zero-order chi connectivity index (χ0) is 21.1. The molecule has 7 nitrogen and oxygen atoms in total. The van der Waals surface area contributed by atoms with Crippen molar-refractivity contribution in [3.8, 4) is 5.82 Å². The number of carbonyl (C=O) groups excluding carboxylic acids is 1. The van der Waals surface area contributed by atoms with Crippen LogP contribution in [-0.4, -0.2) is 39.8 Å². The molecule has 0 atom stereocenters. The lowest BCUT2D eigenvalue weighted by Gasteiger charge is -2.12. The molecule has 0 aliphatic rings. The van der Waals surface area contributed by atoms with E-state index in [9.17, 15) is 4.79 Å². The van der Waals surface area contributed by atoms with E-state index in [1.807, 2.05) is 58.0 Å². The van der Waals surface area contributed by atoms with Crippen molar-refractivity contribution < 1.29 is 4.79 Å². The van der Waals surface area contributed by atoms with Gasteiger partial charge >= 0.3 is 0 Å². The molecule has 152 valence electrons. The van der Waals surface area contributed by atoms with Gasteiger partial charge < -0.3 is 10.2 Å². The average molecular weight is 413 g/mol. The molecule has 1 amide bonds. The number of benzene rings is 1. The van der Waals surface area contributed by atoms with Crippen LogP contribution in [0.1, 0.15) is 28.9 Å². The summed E-state index contributed by atoms with van der Waals surface area (Å²) in [7, 11) is 3.86. The highest BCUT2D eigenvalue weighted by molar-refractivity contribution is 6.31. The number of rotatable bonds is 6. The second kappa shape index (κ2) is 8.61. The second-order valence-electron chi connectivity index (χ2n) is 7.20. The number of aromatic nitrogens is 4. The van der Waals surface area contributed by atoms with Crippen LogP contribution in [0.3, 0.4) is 0 Å². The molecule has 0 bridgehead atoms. The Kier molecular flexibility index (Phi) is 6.17. The Morgan fingerprint density at radius 3 is 2.66 bits per heavy atom. The lowest BCUT2D eigenvalue weighted by atomic mass is 10.1. The van der Waals surface area contributed by atoms with E-state index in [0.717, 1.165) is 34.0 Å². The first kappa shape index (κ1) is 20.8. The summed E-state index contributed by atoms with van der Waals surface area (Å²) in [4.78, 5) is 23.0. The molecule has 0 aliphatic carbocycles. The molecule has 1 N–H and O–H groups in total. The van der Waals surface area contributed by atoms with E-state index in [-0.39, 0.29) is 5.91 Å². The van der Waals surface area contributed by atoms with Crippen molar-refractivity contribution >= 4 is 29.0 Å². The van der Waals surface area contributed by atoms with Gasteiger partial charge in [0.15, 0.2) is 5.82 Å². The Morgan fingerprint density at radius 2 is 1.93 bits per heavy atom. The van der Waals surface area contributed by atoms with Gasteiger partial charge in [0.25, 0.3) is 0 Å². The van der Waals surface area contributed by atoms with Gasteiger partial charge in [-0.2, -0.15) is 5.10 Å². The van der Waals surface area contributed by atoms with E-state index >= 15 is 0 Å². The highest BCUT2D eigenvalue weighted by Gasteiger charge is 2.16. The number of carbonyl (C=O) groups is 1. The number of anilines is 2. The monoisotopic (exact) mass is 412 g/mol. The summed E-state index contributed by atoms with van der Waals surface area (Å²) >= 11 is 6.03. The van der Waals surface area contributed by atoms with Crippen molar-refractivity contribution in [2.24, 2.45) is 0 Å². The fourth-order valence-electron chi connectivity index (χ4n) is 3.14. The molecule has 8 heteroatoms. The Labute approximate surface area is 175 Å². The van der Waals surface area contributed by atoms with Crippen molar-refractivity contribution in [2.75, 3.05) is 24.3 Å². The van der Waals surface area contributed by atoms with E-state index in [1.165, 1.54) is 6.33 Å². The molecule has 3 rings (SSSR count). The molecule has 2 heterocycles. The SMILES string of the molecule is Cc1ccc(Cl)cc1NC(=O)CCc1c(C)nn(-c2cc(N(C)C)ncn2)c1C. The highest BCUT2D eigenvalue weighted by Crippen LogP contribution is 2.22. The van der Waals surface area contributed by atoms with Crippen LogP contribution in [0, 0.1) is 20.8 Å². The Bertz CT molecular complexity index is 1040. The number of halogens is 1. The minimum absolute atomic E-state index is 0.0566. The van der Waals surface area contributed by atoms with Gasteiger partial charge in [-0.1, -0.05) is 17.7 Å². The van der Waals surface area contributed by atoms with Gasteiger partial charge in [-0.25, -0.2) is 14.6 Å². The maximum absolute atomic E-state index is 12.5. The van der Waals surface area contributed by atoms with Crippen LogP contribution in [0.25, 0.3) is 5.82 Å². The predicted molar refractivity (Wildman–Crippen MR) is 116 cm³/mol. The quantitative estimate of drug-likeness (QED) is 0.664. The summed E-state index contributed by atoms with van der Waals surface area (Å²) in [5.74, 6) is 1.45. The molecule has 1 aromatic carbocycles. The number of nitrogens with zero attached hydrogens (tertiary/aromatic N) is 5. The van der Waals surface area contributed by atoms with Gasteiger partial charge in [-0.3, -0.25) is 4.79 Å². The van der Waals surface area contributed by atoms with Crippen LogP contribution in [0.5, 0.6) is 0 Å². The first-order valence-electron chi connectivity index (χ1n) is 9.37. The van der Waals surface area contributed by atoms with Gasteiger partial charge in [0.2, 0.25) is 5.91 Å². The summed E-state index contributed by atoms with van der Waals surface area (Å²) in [6.45, 7) is 5.88. The van der Waals surface area contributed by atoms with Crippen LogP contribution in [0.15, 0.2) is 30.6 Å². The largest absolute Gasteiger partial charge is 0.363 e. The number of aryl methyl sites for hydroxylation is 2. The van der Waals surface area contributed by atoms with Gasteiger partial charge in [0, 0.05) is 43.0 Å². The van der Waals surface area contributed by atoms with Crippen molar-refractivity contribution in [2.45, 2.75) is 33.6 Å². The molecule has 0 saturated carbocycles. The predicted octanol–water partition coefficient (Wildman–Crippen LogP) is 3.88. The molecule has 2 aromatic heterocycles. The molecular formula is C21H25ClN6O. The minimum Gasteiger partial charge on any atom is -0.363 e.